The highest BCUT2D eigenvalue weighted by atomic mass is 35.5. The number of sulfonamides is 1. The first kappa shape index (κ1) is 15.8. The van der Waals surface area contributed by atoms with Gasteiger partial charge in [-0.3, -0.25) is 4.79 Å². The Morgan fingerprint density at radius 2 is 2.20 bits per heavy atom. The molecule has 2 atom stereocenters. The first-order chi connectivity index (χ1) is 9.25. The lowest BCUT2D eigenvalue weighted by molar-refractivity contribution is -0.151. The van der Waals surface area contributed by atoms with Gasteiger partial charge in [0.05, 0.1) is 9.75 Å². The summed E-state index contributed by atoms with van der Waals surface area (Å²) in [6.07, 6.45) is 2.62. The van der Waals surface area contributed by atoms with E-state index in [9.17, 15) is 18.3 Å². The lowest BCUT2D eigenvalue weighted by Gasteiger charge is -2.37. The van der Waals surface area contributed by atoms with Gasteiger partial charge in [0.2, 0.25) is 10.0 Å². The number of hydrogen-bond donors (Lipinski definition) is 2. The Morgan fingerprint density at radius 3 is 2.75 bits per heavy atom. The molecule has 1 fully saturated rings. The maximum Gasteiger partial charge on any atom is 0.310 e. The number of thiophene rings is 1. The molecule has 2 rings (SSSR count). The predicted octanol–water partition coefficient (Wildman–Crippen LogP) is 2.71. The average Bonchev–Trinajstić information content (AvgIpc) is 2.79. The number of carboxylic acids is 1. The van der Waals surface area contributed by atoms with Crippen LogP contribution in [0.4, 0.5) is 0 Å². The van der Waals surface area contributed by atoms with Crippen molar-refractivity contribution in [2.75, 3.05) is 0 Å². The van der Waals surface area contributed by atoms with Crippen molar-refractivity contribution in [3.8, 4) is 0 Å². The SMILES string of the molecule is CC1(C(=O)O)CCCCC1NS(=O)(=O)c1ccc(Cl)s1. The molecule has 8 heteroatoms. The second kappa shape index (κ2) is 5.63. The minimum atomic E-state index is -3.72. The molecule has 1 aliphatic rings. The zero-order valence-corrected chi connectivity index (χ0v) is 13.3. The number of carboxylic acid groups (broad SMARTS) is 1. The molecule has 1 aromatic rings. The highest BCUT2D eigenvalue weighted by Gasteiger charge is 2.45. The third kappa shape index (κ3) is 3.00. The highest BCUT2D eigenvalue weighted by Crippen LogP contribution is 2.37. The summed E-state index contributed by atoms with van der Waals surface area (Å²) in [5.41, 5.74) is -1.06. The van der Waals surface area contributed by atoms with Crippen LogP contribution in [-0.2, 0) is 14.8 Å². The molecule has 2 unspecified atom stereocenters. The van der Waals surface area contributed by atoms with Gasteiger partial charge in [-0.25, -0.2) is 13.1 Å². The summed E-state index contributed by atoms with van der Waals surface area (Å²) in [4.78, 5) is 11.5. The first-order valence-corrected chi connectivity index (χ1v) is 8.94. The van der Waals surface area contributed by atoms with Crippen LogP contribution < -0.4 is 4.72 Å². The van der Waals surface area contributed by atoms with Crippen LogP contribution in [0.3, 0.4) is 0 Å². The zero-order chi connectivity index (χ0) is 15.0. The fourth-order valence-corrected chi connectivity index (χ4v) is 5.35. The van der Waals surface area contributed by atoms with Crippen molar-refractivity contribution in [3.63, 3.8) is 0 Å². The van der Waals surface area contributed by atoms with Crippen LogP contribution in [0.2, 0.25) is 4.34 Å². The Kier molecular flexibility index (Phi) is 4.44. The second-order valence-corrected chi connectivity index (χ2v) is 8.86. The predicted molar refractivity (Wildman–Crippen MR) is 77.6 cm³/mol. The lowest BCUT2D eigenvalue weighted by Crippen LogP contribution is -2.51. The third-order valence-corrected chi connectivity index (χ3v) is 7.00. The Bertz CT molecular complexity index is 613. The van der Waals surface area contributed by atoms with Gasteiger partial charge in [-0.15, -0.1) is 11.3 Å². The third-order valence-electron chi connectivity index (χ3n) is 3.81. The van der Waals surface area contributed by atoms with Gasteiger partial charge in [0.1, 0.15) is 4.21 Å². The van der Waals surface area contributed by atoms with E-state index in [1.54, 1.807) is 6.92 Å². The number of carbonyl (C=O) groups is 1. The molecule has 0 aromatic carbocycles. The van der Waals surface area contributed by atoms with Crippen LogP contribution in [0.1, 0.15) is 32.6 Å². The number of rotatable bonds is 4. The van der Waals surface area contributed by atoms with E-state index in [1.165, 1.54) is 12.1 Å². The minimum Gasteiger partial charge on any atom is -0.481 e. The molecule has 1 heterocycles. The number of aliphatic carboxylic acids is 1. The molecule has 0 saturated heterocycles. The molecule has 0 spiro atoms. The largest absolute Gasteiger partial charge is 0.481 e. The molecule has 5 nitrogen and oxygen atoms in total. The summed E-state index contributed by atoms with van der Waals surface area (Å²) in [6.45, 7) is 1.60. The second-order valence-electron chi connectivity index (χ2n) is 5.20. The normalized spacial score (nSPS) is 27.4. The topological polar surface area (TPSA) is 83.5 Å². The van der Waals surface area contributed by atoms with Crippen molar-refractivity contribution in [2.24, 2.45) is 5.41 Å². The molecule has 0 bridgehead atoms. The fourth-order valence-electron chi connectivity index (χ4n) is 2.47. The van der Waals surface area contributed by atoms with Gasteiger partial charge in [-0.05, 0) is 31.9 Å². The van der Waals surface area contributed by atoms with Gasteiger partial charge in [-0.2, -0.15) is 0 Å². The molecule has 0 radical (unpaired) electrons. The van der Waals surface area contributed by atoms with Gasteiger partial charge < -0.3 is 5.11 Å². The van der Waals surface area contributed by atoms with Crippen molar-refractivity contribution < 1.29 is 18.3 Å². The smallest absolute Gasteiger partial charge is 0.310 e. The molecule has 1 saturated carbocycles. The summed E-state index contributed by atoms with van der Waals surface area (Å²) in [6, 6.07) is 2.34. The summed E-state index contributed by atoms with van der Waals surface area (Å²) in [5, 5.41) is 9.39. The van der Waals surface area contributed by atoms with E-state index >= 15 is 0 Å². The summed E-state index contributed by atoms with van der Waals surface area (Å²) in [5.74, 6) is -0.964. The minimum absolute atomic E-state index is 0.112. The van der Waals surface area contributed by atoms with Crippen LogP contribution in [0, 0.1) is 5.41 Å². The Morgan fingerprint density at radius 1 is 1.50 bits per heavy atom. The van der Waals surface area contributed by atoms with E-state index in [-0.39, 0.29) is 4.21 Å². The number of nitrogens with one attached hydrogen (secondary N) is 1. The van der Waals surface area contributed by atoms with E-state index in [0.717, 1.165) is 24.2 Å². The van der Waals surface area contributed by atoms with Crippen molar-refractivity contribution in [2.45, 2.75) is 42.9 Å². The monoisotopic (exact) mass is 337 g/mol. The quantitative estimate of drug-likeness (QED) is 0.884. The molecule has 20 heavy (non-hydrogen) atoms. The molecule has 2 N–H and O–H groups in total. The molecule has 0 aliphatic heterocycles. The van der Waals surface area contributed by atoms with E-state index in [4.69, 9.17) is 11.6 Å². The molecular weight excluding hydrogens is 322 g/mol. The van der Waals surface area contributed by atoms with E-state index in [1.807, 2.05) is 0 Å². The van der Waals surface area contributed by atoms with Gasteiger partial charge in [0, 0.05) is 6.04 Å². The van der Waals surface area contributed by atoms with Gasteiger partial charge in [0.25, 0.3) is 0 Å². The average molecular weight is 338 g/mol. The van der Waals surface area contributed by atoms with Crippen molar-refractivity contribution in [3.05, 3.63) is 16.5 Å². The van der Waals surface area contributed by atoms with Crippen LogP contribution in [0.25, 0.3) is 0 Å². The maximum atomic E-state index is 12.3. The van der Waals surface area contributed by atoms with Crippen LogP contribution in [0.15, 0.2) is 16.3 Å². The number of halogens is 1. The van der Waals surface area contributed by atoms with Gasteiger partial charge in [-0.1, -0.05) is 24.4 Å². The van der Waals surface area contributed by atoms with Gasteiger partial charge in [0.15, 0.2) is 0 Å². The summed E-state index contributed by atoms with van der Waals surface area (Å²) < 4.78 is 27.6. The van der Waals surface area contributed by atoms with Gasteiger partial charge >= 0.3 is 5.97 Å². The molecular formula is C12H16ClNO4S2. The molecule has 112 valence electrons. The Balaban J connectivity index is 2.25. The number of hydrogen-bond acceptors (Lipinski definition) is 4. The molecule has 1 aliphatic carbocycles. The maximum absolute atomic E-state index is 12.3. The lowest BCUT2D eigenvalue weighted by atomic mass is 9.72. The van der Waals surface area contributed by atoms with Crippen molar-refractivity contribution in [1.82, 2.24) is 4.72 Å². The summed E-state index contributed by atoms with van der Waals surface area (Å²) >= 11 is 6.71. The van der Waals surface area contributed by atoms with E-state index in [2.05, 4.69) is 4.72 Å². The molecule has 0 amide bonds. The Labute approximate surface area is 127 Å². The van der Waals surface area contributed by atoms with E-state index in [0.29, 0.717) is 17.2 Å². The highest BCUT2D eigenvalue weighted by molar-refractivity contribution is 7.91. The van der Waals surface area contributed by atoms with Crippen LogP contribution >= 0.6 is 22.9 Å². The van der Waals surface area contributed by atoms with Crippen LogP contribution in [-0.4, -0.2) is 25.5 Å². The molecule has 1 aromatic heterocycles. The first-order valence-electron chi connectivity index (χ1n) is 6.27. The Hall–Kier alpha value is -0.630. The standard InChI is InChI=1S/C12H16ClNO4S2/c1-12(11(15)16)7-3-2-4-8(12)14-20(17,18)10-6-5-9(13)19-10/h5-6,8,14H,2-4,7H2,1H3,(H,15,16). The van der Waals surface area contributed by atoms with Crippen LogP contribution in [0.5, 0.6) is 0 Å². The van der Waals surface area contributed by atoms with Crippen molar-refractivity contribution in [1.29, 1.82) is 0 Å². The van der Waals surface area contributed by atoms with E-state index < -0.39 is 27.4 Å². The fraction of sp³-hybridized carbons (Fsp3) is 0.583. The van der Waals surface area contributed by atoms with Crippen molar-refractivity contribution >= 4 is 38.9 Å². The zero-order valence-electron chi connectivity index (χ0n) is 10.9. The summed E-state index contributed by atoms with van der Waals surface area (Å²) in [7, 11) is -3.72.